The van der Waals surface area contributed by atoms with Crippen LogP contribution >= 0.6 is 0 Å². The van der Waals surface area contributed by atoms with Gasteiger partial charge in [0.15, 0.2) is 0 Å². The van der Waals surface area contributed by atoms with E-state index in [-0.39, 0.29) is 13.2 Å². The summed E-state index contributed by atoms with van der Waals surface area (Å²) in [7, 11) is 0. The number of halogens is 4. The fourth-order valence-electron chi connectivity index (χ4n) is 1.02. The first-order valence-corrected chi connectivity index (χ1v) is 4.15. The molecule has 0 aliphatic carbocycles. The van der Waals surface area contributed by atoms with Gasteiger partial charge in [0.25, 0.3) is 0 Å². The molecule has 2 nitrogen and oxygen atoms in total. The second kappa shape index (κ2) is 4.48. The predicted octanol–water partition coefficient (Wildman–Crippen LogP) is 2.18. The Labute approximate surface area is 83.6 Å². The maximum Gasteiger partial charge on any atom is 0.420 e. The fraction of sp³-hybridized carbons (Fsp3) is 0.333. The van der Waals surface area contributed by atoms with E-state index in [2.05, 4.69) is 0 Å². The molecular weight excluding hydrogens is 214 g/mol. The molecule has 0 unspecified atom stereocenters. The van der Waals surface area contributed by atoms with Crippen molar-refractivity contribution in [3.63, 3.8) is 0 Å². The van der Waals surface area contributed by atoms with Crippen LogP contribution in [0.4, 0.5) is 17.6 Å². The molecule has 2 N–H and O–H groups in total. The van der Waals surface area contributed by atoms with Crippen LogP contribution in [0, 0.1) is 5.82 Å². The van der Waals surface area contributed by atoms with Crippen molar-refractivity contribution >= 4 is 0 Å². The van der Waals surface area contributed by atoms with Crippen molar-refractivity contribution in [2.24, 2.45) is 5.73 Å². The summed E-state index contributed by atoms with van der Waals surface area (Å²) in [4.78, 5) is 0. The Morgan fingerprint density at radius 1 is 1.27 bits per heavy atom. The van der Waals surface area contributed by atoms with Gasteiger partial charge in [0.2, 0.25) is 0 Å². The number of rotatable bonds is 3. The lowest BCUT2D eigenvalue weighted by atomic mass is 10.2. The molecule has 84 valence electrons. The summed E-state index contributed by atoms with van der Waals surface area (Å²) in [5.74, 6) is -1.36. The van der Waals surface area contributed by atoms with E-state index < -0.39 is 23.3 Å². The van der Waals surface area contributed by atoms with Gasteiger partial charge in [-0.2, -0.15) is 13.2 Å². The lowest BCUT2D eigenvalue weighted by molar-refractivity contribution is -0.139. The van der Waals surface area contributed by atoms with Crippen molar-refractivity contribution in [2.75, 3.05) is 13.2 Å². The highest BCUT2D eigenvalue weighted by Crippen LogP contribution is 2.36. The molecule has 1 rings (SSSR count). The molecule has 15 heavy (non-hydrogen) atoms. The van der Waals surface area contributed by atoms with Crippen LogP contribution in [-0.4, -0.2) is 13.2 Å². The first-order chi connectivity index (χ1) is 6.95. The Kier molecular flexibility index (Phi) is 3.52. The van der Waals surface area contributed by atoms with Crippen LogP contribution in [0.2, 0.25) is 0 Å². The second-order valence-electron chi connectivity index (χ2n) is 2.78. The van der Waals surface area contributed by atoms with E-state index in [1.807, 2.05) is 0 Å². The molecule has 0 aliphatic heterocycles. The number of benzene rings is 1. The summed E-state index contributed by atoms with van der Waals surface area (Å²) in [6.45, 7) is 0.0450. The normalized spacial score (nSPS) is 11.5. The van der Waals surface area contributed by atoms with Crippen LogP contribution in [-0.2, 0) is 6.18 Å². The zero-order chi connectivity index (χ0) is 11.5. The van der Waals surface area contributed by atoms with Crippen LogP contribution in [0.25, 0.3) is 0 Å². The summed E-state index contributed by atoms with van der Waals surface area (Å²) in [5.41, 5.74) is 3.96. The molecular formula is C9H9F4NO. The lowest BCUT2D eigenvalue weighted by Crippen LogP contribution is -2.14. The molecule has 1 aromatic carbocycles. The van der Waals surface area contributed by atoms with Crippen LogP contribution in [0.15, 0.2) is 18.2 Å². The van der Waals surface area contributed by atoms with Gasteiger partial charge in [0.1, 0.15) is 23.7 Å². The topological polar surface area (TPSA) is 35.2 Å². The Bertz CT molecular complexity index is 337. The van der Waals surface area contributed by atoms with Crippen LogP contribution in [0.3, 0.4) is 0 Å². The maximum absolute atomic E-state index is 12.6. The average molecular weight is 223 g/mol. The molecule has 0 saturated heterocycles. The highest BCUT2D eigenvalue weighted by Gasteiger charge is 2.34. The summed E-state index contributed by atoms with van der Waals surface area (Å²) >= 11 is 0. The minimum Gasteiger partial charge on any atom is -0.492 e. The molecule has 0 aliphatic rings. The van der Waals surface area contributed by atoms with Gasteiger partial charge >= 0.3 is 6.18 Å². The number of nitrogens with two attached hydrogens (primary N) is 1. The van der Waals surface area contributed by atoms with Crippen molar-refractivity contribution < 1.29 is 22.3 Å². The van der Waals surface area contributed by atoms with Crippen LogP contribution < -0.4 is 10.5 Å². The van der Waals surface area contributed by atoms with Crippen molar-refractivity contribution in [2.45, 2.75) is 6.18 Å². The molecule has 0 bridgehead atoms. The van der Waals surface area contributed by atoms with E-state index in [9.17, 15) is 17.6 Å². The van der Waals surface area contributed by atoms with Gasteiger partial charge in [0.05, 0.1) is 0 Å². The number of hydrogen-bond donors (Lipinski definition) is 1. The molecule has 1 aromatic rings. The minimum absolute atomic E-state index is 0.0469. The zero-order valence-electron chi connectivity index (χ0n) is 7.64. The van der Waals surface area contributed by atoms with E-state index in [1.165, 1.54) is 0 Å². The standard InChI is InChI=1S/C9H9F4NO/c10-6-1-2-8(15-4-3-14)7(5-6)9(11,12)13/h1-2,5H,3-4,14H2. The third-order valence-corrected chi connectivity index (χ3v) is 1.62. The first-order valence-electron chi connectivity index (χ1n) is 4.15. The minimum atomic E-state index is -4.63. The third-order valence-electron chi connectivity index (χ3n) is 1.62. The van der Waals surface area contributed by atoms with Crippen molar-refractivity contribution in [3.8, 4) is 5.75 Å². The van der Waals surface area contributed by atoms with E-state index in [4.69, 9.17) is 10.5 Å². The second-order valence-corrected chi connectivity index (χ2v) is 2.78. The highest BCUT2D eigenvalue weighted by molar-refractivity contribution is 5.36. The highest BCUT2D eigenvalue weighted by atomic mass is 19.4. The molecule has 0 atom stereocenters. The lowest BCUT2D eigenvalue weighted by Gasteiger charge is -2.13. The molecule has 0 amide bonds. The number of hydrogen-bond acceptors (Lipinski definition) is 2. The van der Waals surface area contributed by atoms with Gasteiger partial charge in [0, 0.05) is 6.54 Å². The Morgan fingerprint density at radius 3 is 2.47 bits per heavy atom. The summed E-state index contributed by atoms with van der Waals surface area (Å²) in [6.07, 6.45) is -4.63. The van der Waals surface area contributed by atoms with Crippen LogP contribution in [0.5, 0.6) is 5.75 Å². The van der Waals surface area contributed by atoms with Crippen molar-refractivity contribution in [1.82, 2.24) is 0 Å². The summed E-state index contributed by atoms with van der Waals surface area (Å²) in [5, 5.41) is 0. The van der Waals surface area contributed by atoms with Gasteiger partial charge in [-0.05, 0) is 18.2 Å². The summed E-state index contributed by atoms with van der Waals surface area (Å²) in [6, 6.07) is 2.24. The quantitative estimate of drug-likeness (QED) is 0.797. The Morgan fingerprint density at radius 2 is 1.93 bits per heavy atom. The van der Waals surface area contributed by atoms with Gasteiger partial charge in [-0.15, -0.1) is 0 Å². The van der Waals surface area contributed by atoms with E-state index in [1.54, 1.807) is 0 Å². The Balaban J connectivity index is 3.04. The SMILES string of the molecule is NCCOc1ccc(F)cc1C(F)(F)F. The molecule has 0 saturated carbocycles. The molecule has 0 heterocycles. The average Bonchev–Trinajstić information content (AvgIpc) is 2.14. The number of alkyl halides is 3. The van der Waals surface area contributed by atoms with Gasteiger partial charge < -0.3 is 10.5 Å². The summed E-state index contributed by atoms with van der Waals surface area (Å²) < 4.78 is 54.5. The predicted molar refractivity (Wildman–Crippen MR) is 46.0 cm³/mol. The van der Waals surface area contributed by atoms with E-state index in [0.29, 0.717) is 6.07 Å². The largest absolute Gasteiger partial charge is 0.492 e. The van der Waals surface area contributed by atoms with Crippen molar-refractivity contribution in [3.05, 3.63) is 29.6 Å². The van der Waals surface area contributed by atoms with E-state index in [0.717, 1.165) is 12.1 Å². The van der Waals surface area contributed by atoms with Gasteiger partial charge in [-0.3, -0.25) is 0 Å². The monoisotopic (exact) mass is 223 g/mol. The molecule has 0 fully saturated rings. The molecule has 6 heteroatoms. The third kappa shape index (κ3) is 3.09. The van der Waals surface area contributed by atoms with Crippen molar-refractivity contribution in [1.29, 1.82) is 0 Å². The Hall–Kier alpha value is -1.30. The molecule has 0 aromatic heterocycles. The van der Waals surface area contributed by atoms with Crippen LogP contribution in [0.1, 0.15) is 5.56 Å². The smallest absolute Gasteiger partial charge is 0.420 e. The van der Waals surface area contributed by atoms with Gasteiger partial charge in [-0.25, -0.2) is 4.39 Å². The maximum atomic E-state index is 12.6. The zero-order valence-corrected chi connectivity index (χ0v) is 7.64. The van der Waals surface area contributed by atoms with Gasteiger partial charge in [-0.1, -0.05) is 0 Å². The first kappa shape index (κ1) is 11.8. The number of ether oxygens (including phenoxy) is 1. The molecule has 0 radical (unpaired) electrons. The van der Waals surface area contributed by atoms with E-state index >= 15 is 0 Å². The molecule has 0 spiro atoms. The fourth-order valence-corrected chi connectivity index (χ4v) is 1.02.